The van der Waals surface area contributed by atoms with E-state index in [9.17, 15) is 13.2 Å². The molecule has 0 aliphatic heterocycles. The highest BCUT2D eigenvalue weighted by atomic mass is 19.4. The summed E-state index contributed by atoms with van der Waals surface area (Å²) in [4.78, 5) is 0. The predicted octanol–water partition coefficient (Wildman–Crippen LogP) is 4.04. The fourth-order valence-electron chi connectivity index (χ4n) is 2.03. The molecule has 1 aromatic carbocycles. The van der Waals surface area contributed by atoms with Crippen molar-refractivity contribution in [3.63, 3.8) is 0 Å². The van der Waals surface area contributed by atoms with Gasteiger partial charge in [0.05, 0.1) is 6.26 Å². The van der Waals surface area contributed by atoms with Gasteiger partial charge in [-0.2, -0.15) is 13.2 Å². The van der Waals surface area contributed by atoms with Crippen molar-refractivity contribution < 1.29 is 17.6 Å². The van der Waals surface area contributed by atoms with E-state index in [1.165, 1.54) is 6.26 Å². The Labute approximate surface area is 103 Å². The van der Waals surface area contributed by atoms with Crippen LogP contribution in [0.4, 0.5) is 13.2 Å². The first-order valence-electron chi connectivity index (χ1n) is 5.71. The lowest BCUT2D eigenvalue weighted by Gasteiger charge is -2.16. The van der Waals surface area contributed by atoms with Crippen LogP contribution in [0.25, 0.3) is 11.0 Å². The van der Waals surface area contributed by atoms with Crippen LogP contribution in [-0.2, 0) is 0 Å². The molecule has 0 aliphatic carbocycles. The molecule has 0 amide bonds. The number of benzene rings is 1. The minimum absolute atomic E-state index is 0.00350. The summed E-state index contributed by atoms with van der Waals surface area (Å²) in [5.74, 6) is 0. The molecular weight excluding hydrogens is 243 g/mol. The maximum atomic E-state index is 12.3. The van der Waals surface area contributed by atoms with Crippen molar-refractivity contribution in [3.8, 4) is 0 Å². The molecule has 2 nitrogen and oxygen atoms in total. The highest BCUT2D eigenvalue weighted by molar-refractivity contribution is 5.81. The number of fused-ring (bicyclic) bond motifs is 1. The molecule has 1 aromatic heterocycles. The van der Waals surface area contributed by atoms with Crippen molar-refractivity contribution >= 4 is 11.0 Å². The SMILES string of the molecule is CNC(CCC(F)(F)F)c1coc2ccccc12. The number of halogens is 3. The van der Waals surface area contributed by atoms with Crippen LogP contribution in [0.2, 0.25) is 0 Å². The Morgan fingerprint density at radius 2 is 2.00 bits per heavy atom. The third kappa shape index (κ3) is 2.85. The van der Waals surface area contributed by atoms with Crippen LogP contribution < -0.4 is 5.32 Å². The van der Waals surface area contributed by atoms with E-state index in [1.807, 2.05) is 18.2 Å². The van der Waals surface area contributed by atoms with Gasteiger partial charge in [-0.15, -0.1) is 0 Å². The molecule has 0 bridgehead atoms. The Bertz CT molecular complexity index is 518. The molecule has 18 heavy (non-hydrogen) atoms. The summed E-state index contributed by atoms with van der Waals surface area (Å²) in [6.07, 6.45) is -3.40. The van der Waals surface area contributed by atoms with Gasteiger partial charge in [-0.3, -0.25) is 0 Å². The minimum Gasteiger partial charge on any atom is -0.464 e. The van der Waals surface area contributed by atoms with Gasteiger partial charge in [-0.05, 0) is 19.5 Å². The summed E-state index contributed by atoms with van der Waals surface area (Å²) >= 11 is 0. The molecule has 0 saturated carbocycles. The fourth-order valence-corrected chi connectivity index (χ4v) is 2.03. The van der Waals surface area contributed by atoms with Gasteiger partial charge in [0.25, 0.3) is 0 Å². The molecule has 5 heteroatoms. The maximum absolute atomic E-state index is 12.3. The molecule has 1 heterocycles. The van der Waals surface area contributed by atoms with Crippen LogP contribution >= 0.6 is 0 Å². The number of para-hydroxylation sites is 1. The van der Waals surface area contributed by atoms with Crippen LogP contribution in [0.15, 0.2) is 34.9 Å². The monoisotopic (exact) mass is 257 g/mol. The lowest BCUT2D eigenvalue weighted by Crippen LogP contribution is -2.19. The Morgan fingerprint density at radius 1 is 1.28 bits per heavy atom. The Kier molecular flexibility index (Phi) is 3.61. The van der Waals surface area contributed by atoms with Crippen LogP contribution in [-0.4, -0.2) is 13.2 Å². The first-order valence-corrected chi connectivity index (χ1v) is 5.71. The van der Waals surface area contributed by atoms with Crippen LogP contribution in [0, 0.1) is 0 Å². The normalized spacial score (nSPS) is 14.0. The summed E-state index contributed by atoms with van der Waals surface area (Å²) < 4.78 is 42.1. The average Bonchev–Trinajstić information content (AvgIpc) is 2.73. The zero-order valence-electron chi connectivity index (χ0n) is 9.92. The van der Waals surface area contributed by atoms with Gasteiger partial charge < -0.3 is 9.73 Å². The molecular formula is C13H14F3NO. The van der Waals surface area contributed by atoms with E-state index in [-0.39, 0.29) is 12.5 Å². The van der Waals surface area contributed by atoms with E-state index in [4.69, 9.17) is 4.42 Å². The van der Waals surface area contributed by atoms with E-state index in [2.05, 4.69) is 5.32 Å². The van der Waals surface area contributed by atoms with Crippen LogP contribution in [0.1, 0.15) is 24.4 Å². The molecule has 2 rings (SSSR count). The number of hydrogen-bond acceptors (Lipinski definition) is 2. The standard InChI is InChI=1S/C13H14F3NO/c1-17-11(6-7-13(14,15)16)10-8-18-12-5-3-2-4-9(10)12/h2-5,8,11,17H,6-7H2,1H3. The fraction of sp³-hybridized carbons (Fsp3) is 0.385. The smallest absolute Gasteiger partial charge is 0.389 e. The molecule has 0 saturated heterocycles. The molecule has 0 spiro atoms. The van der Waals surface area contributed by atoms with Crippen molar-refractivity contribution in [2.45, 2.75) is 25.1 Å². The van der Waals surface area contributed by atoms with E-state index < -0.39 is 12.6 Å². The number of furan rings is 1. The quantitative estimate of drug-likeness (QED) is 0.894. The van der Waals surface area contributed by atoms with Gasteiger partial charge in [0.15, 0.2) is 0 Å². The second-order valence-corrected chi connectivity index (χ2v) is 4.18. The average molecular weight is 257 g/mol. The largest absolute Gasteiger partial charge is 0.464 e. The zero-order chi connectivity index (χ0) is 13.2. The molecule has 0 fully saturated rings. The van der Waals surface area contributed by atoms with Crippen molar-refractivity contribution in [3.05, 3.63) is 36.1 Å². The second-order valence-electron chi connectivity index (χ2n) is 4.18. The Morgan fingerprint density at radius 3 is 2.67 bits per heavy atom. The third-order valence-electron chi connectivity index (χ3n) is 2.95. The highest BCUT2D eigenvalue weighted by Gasteiger charge is 2.29. The number of rotatable bonds is 4. The topological polar surface area (TPSA) is 25.2 Å². The summed E-state index contributed by atoms with van der Waals surface area (Å²) in [5.41, 5.74) is 1.47. The maximum Gasteiger partial charge on any atom is 0.389 e. The molecule has 98 valence electrons. The van der Waals surface area contributed by atoms with Crippen molar-refractivity contribution in [2.75, 3.05) is 7.05 Å². The summed E-state index contributed by atoms with van der Waals surface area (Å²) in [7, 11) is 1.66. The molecule has 0 radical (unpaired) electrons. The van der Waals surface area contributed by atoms with Crippen LogP contribution in [0.3, 0.4) is 0 Å². The Hall–Kier alpha value is -1.49. The van der Waals surface area contributed by atoms with Gasteiger partial charge in [0.1, 0.15) is 5.58 Å². The third-order valence-corrected chi connectivity index (χ3v) is 2.95. The Balaban J connectivity index is 2.22. The van der Waals surface area contributed by atoms with Gasteiger partial charge in [0, 0.05) is 23.4 Å². The number of hydrogen-bond donors (Lipinski definition) is 1. The molecule has 0 aliphatic rings. The second kappa shape index (κ2) is 5.02. The molecule has 1 unspecified atom stereocenters. The van der Waals surface area contributed by atoms with Crippen molar-refractivity contribution in [1.29, 1.82) is 0 Å². The molecule has 2 aromatic rings. The van der Waals surface area contributed by atoms with Crippen molar-refractivity contribution in [2.24, 2.45) is 0 Å². The lowest BCUT2D eigenvalue weighted by atomic mass is 10.0. The van der Waals surface area contributed by atoms with Gasteiger partial charge in [-0.1, -0.05) is 18.2 Å². The van der Waals surface area contributed by atoms with E-state index >= 15 is 0 Å². The van der Waals surface area contributed by atoms with Crippen molar-refractivity contribution in [1.82, 2.24) is 5.32 Å². The summed E-state index contributed by atoms with van der Waals surface area (Å²) in [6, 6.07) is 6.98. The summed E-state index contributed by atoms with van der Waals surface area (Å²) in [6.45, 7) is 0. The number of nitrogens with one attached hydrogen (secondary N) is 1. The molecule has 1 N–H and O–H groups in total. The van der Waals surface area contributed by atoms with E-state index in [1.54, 1.807) is 13.1 Å². The van der Waals surface area contributed by atoms with Gasteiger partial charge in [0.2, 0.25) is 0 Å². The first kappa shape index (κ1) is 13.0. The van der Waals surface area contributed by atoms with Crippen LogP contribution in [0.5, 0.6) is 0 Å². The lowest BCUT2D eigenvalue weighted by molar-refractivity contribution is -0.136. The minimum atomic E-state index is -4.13. The predicted molar refractivity (Wildman–Crippen MR) is 63.3 cm³/mol. The van der Waals surface area contributed by atoms with Gasteiger partial charge in [-0.25, -0.2) is 0 Å². The summed E-state index contributed by atoms with van der Waals surface area (Å²) in [5, 5.41) is 3.77. The van der Waals surface area contributed by atoms with E-state index in [0.717, 1.165) is 10.9 Å². The van der Waals surface area contributed by atoms with Gasteiger partial charge >= 0.3 is 6.18 Å². The highest BCUT2D eigenvalue weighted by Crippen LogP contribution is 2.32. The number of alkyl halides is 3. The molecule has 1 atom stereocenters. The zero-order valence-corrected chi connectivity index (χ0v) is 9.92. The van der Waals surface area contributed by atoms with E-state index in [0.29, 0.717) is 5.58 Å². The first-order chi connectivity index (χ1) is 8.51.